The summed E-state index contributed by atoms with van der Waals surface area (Å²) in [5.74, 6) is 0. The molecule has 1 aliphatic rings. The second-order valence-corrected chi connectivity index (χ2v) is 9.29. The average Bonchev–Trinajstić information content (AvgIpc) is 2.74. The van der Waals surface area contributed by atoms with Crippen molar-refractivity contribution in [2.45, 2.75) is 38.5 Å². The van der Waals surface area contributed by atoms with Gasteiger partial charge in [-0.25, -0.2) is 0 Å². The third-order valence-electron chi connectivity index (χ3n) is 6.23. The molecule has 0 nitrogen and oxygen atoms in total. The van der Waals surface area contributed by atoms with E-state index in [9.17, 15) is 0 Å². The Balaban J connectivity index is 1.90. The highest BCUT2D eigenvalue weighted by Gasteiger charge is 2.21. The van der Waals surface area contributed by atoms with Crippen molar-refractivity contribution in [3.05, 3.63) is 93.6 Å². The van der Waals surface area contributed by atoms with Gasteiger partial charge < -0.3 is 0 Å². The first kappa shape index (κ1) is 18.9. The highest BCUT2D eigenvalue weighted by atomic mass is 127. The third-order valence-corrected chi connectivity index (χ3v) is 6.95. The molecular weight excluding hydrogens is 463 g/mol. The normalized spacial score (nSPS) is 14.2. The second kappa shape index (κ2) is 8.31. The molecule has 0 radical (unpaired) electrons. The first-order valence-electron chi connectivity index (χ1n) is 10.7. The number of benzene rings is 4. The Bertz CT molecular complexity index is 1140. The fourth-order valence-electron chi connectivity index (χ4n) is 4.94. The summed E-state index contributed by atoms with van der Waals surface area (Å²) in [5, 5.41) is 2.79. The van der Waals surface area contributed by atoms with Crippen LogP contribution in [0.2, 0.25) is 0 Å². The SMILES string of the molecule is Ic1ccc(-c2c3c(c(-c4ccccc4)c4ccccc24)CCCCCC3)cc1. The van der Waals surface area contributed by atoms with Gasteiger partial charge in [0.15, 0.2) is 0 Å². The molecule has 144 valence electrons. The molecule has 0 aliphatic heterocycles. The fourth-order valence-corrected chi connectivity index (χ4v) is 5.30. The smallest absolute Gasteiger partial charge is 0.0130 e. The van der Waals surface area contributed by atoms with Crippen LogP contribution in [-0.4, -0.2) is 0 Å². The van der Waals surface area contributed by atoms with E-state index in [0.717, 1.165) is 0 Å². The molecule has 0 spiro atoms. The highest BCUT2D eigenvalue weighted by Crippen LogP contribution is 2.44. The molecule has 0 saturated carbocycles. The fraction of sp³-hybridized carbons (Fsp3) is 0.214. The van der Waals surface area contributed by atoms with E-state index in [0.29, 0.717) is 0 Å². The van der Waals surface area contributed by atoms with Crippen molar-refractivity contribution in [2.24, 2.45) is 0 Å². The lowest BCUT2D eigenvalue weighted by Crippen LogP contribution is -2.06. The van der Waals surface area contributed by atoms with Crippen molar-refractivity contribution >= 4 is 33.4 Å². The molecule has 0 unspecified atom stereocenters. The summed E-state index contributed by atoms with van der Waals surface area (Å²) in [7, 11) is 0. The summed E-state index contributed by atoms with van der Waals surface area (Å²) in [6.45, 7) is 0. The largest absolute Gasteiger partial charge is 0.0622 e. The number of rotatable bonds is 2. The van der Waals surface area contributed by atoms with Gasteiger partial charge in [-0.15, -0.1) is 0 Å². The van der Waals surface area contributed by atoms with Crippen LogP contribution >= 0.6 is 22.6 Å². The highest BCUT2D eigenvalue weighted by molar-refractivity contribution is 14.1. The van der Waals surface area contributed by atoms with Crippen LogP contribution in [0.15, 0.2) is 78.9 Å². The summed E-state index contributed by atoms with van der Waals surface area (Å²) in [6.07, 6.45) is 7.63. The van der Waals surface area contributed by atoms with E-state index in [1.54, 1.807) is 11.1 Å². The van der Waals surface area contributed by atoms with Gasteiger partial charge in [0.1, 0.15) is 0 Å². The lowest BCUT2D eigenvalue weighted by Gasteiger charge is -2.25. The minimum Gasteiger partial charge on any atom is -0.0622 e. The maximum atomic E-state index is 2.40. The maximum absolute atomic E-state index is 2.40. The van der Waals surface area contributed by atoms with Gasteiger partial charge >= 0.3 is 0 Å². The molecule has 0 aromatic heterocycles. The predicted molar refractivity (Wildman–Crippen MR) is 133 cm³/mol. The molecule has 0 atom stereocenters. The molecule has 0 fully saturated rings. The summed E-state index contributed by atoms with van der Waals surface area (Å²) >= 11 is 2.40. The number of fused-ring (bicyclic) bond motifs is 2. The molecule has 0 heterocycles. The van der Waals surface area contributed by atoms with E-state index in [2.05, 4.69) is 101 Å². The molecule has 0 N–H and O–H groups in total. The van der Waals surface area contributed by atoms with Crippen molar-refractivity contribution in [1.82, 2.24) is 0 Å². The molecule has 0 bridgehead atoms. The average molecular weight is 488 g/mol. The van der Waals surface area contributed by atoms with E-state index in [1.165, 1.54) is 75.1 Å². The Hall–Kier alpha value is -2.13. The number of hydrogen-bond acceptors (Lipinski definition) is 0. The number of halogens is 1. The molecular formula is C28H25I. The van der Waals surface area contributed by atoms with Gasteiger partial charge in [-0.2, -0.15) is 0 Å². The third kappa shape index (κ3) is 3.61. The van der Waals surface area contributed by atoms with Gasteiger partial charge in [-0.05, 0) is 105 Å². The summed E-state index contributed by atoms with van der Waals surface area (Å²) in [6, 6.07) is 29.2. The zero-order valence-corrected chi connectivity index (χ0v) is 18.8. The lowest BCUT2D eigenvalue weighted by molar-refractivity contribution is 0.619. The lowest BCUT2D eigenvalue weighted by atomic mass is 9.79. The Morgan fingerprint density at radius 1 is 0.483 bits per heavy atom. The minimum atomic E-state index is 1.18. The van der Waals surface area contributed by atoms with Crippen molar-refractivity contribution in [1.29, 1.82) is 0 Å². The Kier molecular flexibility index (Phi) is 5.41. The second-order valence-electron chi connectivity index (χ2n) is 8.04. The molecule has 29 heavy (non-hydrogen) atoms. The summed E-state index contributed by atoms with van der Waals surface area (Å²) < 4.78 is 1.29. The molecule has 5 rings (SSSR count). The quantitative estimate of drug-likeness (QED) is 0.249. The monoisotopic (exact) mass is 488 g/mol. The van der Waals surface area contributed by atoms with Crippen LogP contribution in [0.5, 0.6) is 0 Å². The van der Waals surface area contributed by atoms with Gasteiger partial charge in [-0.1, -0.05) is 79.6 Å². The van der Waals surface area contributed by atoms with Crippen LogP contribution in [0.4, 0.5) is 0 Å². The maximum Gasteiger partial charge on any atom is 0.0130 e. The van der Waals surface area contributed by atoms with Crippen LogP contribution < -0.4 is 0 Å². The van der Waals surface area contributed by atoms with E-state index in [1.807, 2.05) is 0 Å². The Morgan fingerprint density at radius 2 is 0.966 bits per heavy atom. The van der Waals surface area contributed by atoms with Gasteiger partial charge in [0.2, 0.25) is 0 Å². The zero-order valence-electron chi connectivity index (χ0n) is 16.6. The topological polar surface area (TPSA) is 0 Å². The summed E-state index contributed by atoms with van der Waals surface area (Å²) in [4.78, 5) is 0. The first-order chi connectivity index (χ1) is 14.3. The van der Waals surface area contributed by atoms with Crippen molar-refractivity contribution in [3.8, 4) is 22.3 Å². The molecule has 0 amide bonds. The van der Waals surface area contributed by atoms with Crippen LogP contribution in [0.3, 0.4) is 0 Å². The molecule has 4 aromatic rings. The first-order valence-corrected chi connectivity index (χ1v) is 11.8. The Morgan fingerprint density at radius 3 is 1.52 bits per heavy atom. The van der Waals surface area contributed by atoms with E-state index in [4.69, 9.17) is 0 Å². The molecule has 0 saturated heterocycles. The Labute approximate surface area is 187 Å². The van der Waals surface area contributed by atoms with Crippen molar-refractivity contribution < 1.29 is 0 Å². The van der Waals surface area contributed by atoms with Gasteiger partial charge in [0.25, 0.3) is 0 Å². The van der Waals surface area contributed by atoms with E-state index in [-0.39, 0.29) is 0 Å². The molecule has 1 heteroatoms. The standard InChI is InChI=1S/C28H25I/c29-22-18-16-21(17-19-22)28-24-13-7-2-1-6-12-23(24)27(20-10-4-3-5-11-20)25-14-8-9-15-26(25)28/h3-5,8-11,14-19H,1-2,6-7,12-13H2. The van der Waals surface area contributed by atoms with E-state index >= 15 is 0 Å². The molecule has 1 aliphatic carbocycles. The van der Waals surface area contributed by atoms with E-state index < -0.39 is 0 Å². The van der Waals surface area contributed by atoms with Gasteiger partial charge in [0, 0.05) is 3.57 Å². The van der Waals surface area contributed by atoms with Crippen molar-refractivity contribution in [2.75, 3.05) is 0 Å². The zero-order chi connectivity index (χ0) is 19.6. The summed E-state index contributed by atoms with van der Waals surface area (Å²) in [5.41, 5.74) is 8.82. The van der Waals surface area contributed by atoms with Crippen LogP contribution in [0.1, 0.15) is 36.8 Å². The van der Waals surface area contributed by atoms with Gasteiger partial charge in [0.05, 0.1) is 0 Å². The van der Waals surface area contributed by atoms with Crippen LogP contribution in [0, 0.1) is 3.57 Å². The van der Waals surface area contributed by atoms with Gasteiger partial charge in [-0.3, -0.25) is 0 Å². The van der Waals surface area contributed by atoms with Crippen LogP contribution in [0.25, 0.3) is 33.0 Å². The van der Waals surface area contributed by atoms with Crippen LogP contribution in [-0.2, 0) is 12.8 Å². The molecule has 4 aromatic carbocycles. The minimum absolute atomic E-state index is 1.18. The number of hydrogen-bond donors (Lipinski definition) is 0. The predicted octanol–water partition coefficient (Wildman–Crippen LogP) is 8.44. The van der Waals surface area contributed by atoms with Crippen molar-refractivity contribution in [3.63, 3.8) is 0 Å².